The van der Waals surface area contributed by atoms with Gasteiger partial charge in [-0.3, -0.25) is 0 Å². The molecule has 2 unspecified atom stereocenters. The Morgan fingerprint density at radius 3 is 1.69 bits per heavy atom. The van der Waals surface area contributed by atoms with Crippen molar-refractivity contribution in [2.24, 2.45) is 0 Å². The van der Waals surface area contributed by atoms with Gasteiger partial charge in [-0.25, -0.2) is 0 Å². The molecule has 0 aromatic heterocycles. The van der Waals surface area contributed by atoms with Crippen molar-refractivity contribution in [3.8, 4) is 39.1 Å². The number of para-hydroxylation sites is 1. The van der Waals surface area contributed by atoms with Gasteiger partial charge in [0.1, 0.15) is 11.9 Å². The van der Waals surface area contributed by atoms with E-state index in [2.05, 4.69) is 169 Å². The first-order valence-corrected chi connectivity index (χ1v) is 17.2. The predicted molar refractivity (Wildman–Crippen MR) is 201 cm³/mol. The number of hydrogen-bond donors (Lipinski definition) is 0. The van der Waals surface area contributed by atoms with Gasteiger partial charge in [0.25, 0.3) is 0 Å². The first-order chi connectivity index (χ1) is 23.8. The molecule has 2 atom stereocenters. The fraction of sp³-hybridized carbons (Fsp3) is 0.130. The molecule has 2 heteroatoms. The van der Waals surface area contributed by atoms with Crippen LogP contribution in [0.1, 0.15) is 37.2 Å². The van der Waals surface area contributed by atoms with E-state index in [4.69, 9.17) is 4.74 Å². The van der Waals surface area contributed by atoms with Crippen LogP contribution in [0.3, 0.4) is 0 Å². The van der Waals surface area contributed by atoms with E-state index in [1.54, 1.807) is 0 Å². The third-order valence-corrected chi connectivity index (χ3v) is 10.3. The first kappa shape index (κ1) is 28.6. The van der Waals surface area contributed by atoms with Gasteiger partial charge in [0.2, 0.25) is 0 Å². The Hall–Kier alpha value is -5.60. The van der Waals surface area contributed by atoms with Crippen LogP contribution in [0.4, 0.5) is 17.1 Å². The lowest BCUT2D eigenvalue weighted by molar-refractivity contribution is 0.164. The zero-order valence-corrected chi connectivity index (χ0v) is 26.9. The quantitative estimate of drug-likeness (QED) is 0.184. The molecule has 7 aromatic carbocycles. The van der Waals surface area contributed by atoms with Crippen LogP contribution < -0.4 is 9.64 Å². The van der Waals surface area contributed by atoms with Gasteiger partial charge in [-0.2, -0.15) is 0 Å². The summed E-state index contributed by atoms with van der Waals surface area (Å²) in [5, 5.41) is 2.55. The molecule has 0 saturated heterocycles. The highest BCUT2D eigenvalue weighted by Gasteiger charge is 2.36. The molecule has 48 heavy (non-hydrogen) atoms. The molecule has 1 heterocycles. The molecule has 0 spiro atoms. The highest BCUT2D eigenvalue weighted by Crippen LogP contribution is 2.48. The maximum absolute atomic E-state index is 6.44. The number of ether oxygens (including phenoxy) is 1. The summed E-state index contributed by atoms with van der Waals surface area (Å²) in [5.41, 5.74) is 12.2. The van der Waals surface area contributed by atoms with Crippen molar-refractivity contribution >= 4 is 27.8 Å². The Bertz CT molecular complexity index is 2200. The lowest BCUT2D eigenvalue weighted by Gasteiger charge is -2.26. The molecule has 2 aliphatic rings. The van der Waals surface area contributed by atoms with Crippen LogP contribution in [0, 0.1) is 0 Å². The van der Waals surface area contributed by atoms with E-state index < -0.39 is 0 Å². The van der Waals surface area contributed by atoms with E-state index >= 15 is 0 Å². The summed E-state index contributed by atoms with van der Waals surface area (Å²) in [4.78, 5) is 2.34. The molecule has 1 fully saturated rings. The molecule has 232 valence electrons. The minimum absolute atomic E-state index is 0.352. The van der Waals surface area contributed by atoms with Gasteiger partial charge in [0.05, 0.1) is 0 Å². The first-order valence-electron chi connectivity index (χ1n) is 17.2. The van der Waals surface area contributed by atoms with Crippen LogP contribution in [0.15, 0.2) is 164 Å². The highest BCUT2D eigenvalue weighted by atomic mass is 16.5. The SMILES string of the molecule is c1ccc(-c2ccccc2-c2ccc(N(c3ccccc3)c3ccc(-c4cccc5cc6c(cc45)C4CCCCC4O6)cc3)cc2)cc1. The van der Waals surface area contributed by atoms with Crippen LogP contribution in [0.2, 0.25) is 0 Å². The highest BCUT2D eigenvalue weighted by molar-refractivity contribution is 5.98. The summed E-state index contributed by atoms with van der Waals surface area (Å²) >= 11 is 0. The molecular weight excluding hydrogens is 583 g/mol. The zero-order valence-electron chi connectivity index (χ0n) is 26.9. The average Bonchev–Trinajstić information content (AvgIpc) is 3.53. The third kappa shape index (κ3) is 5.15. The van der Waals surface area contributed by atoms with Gasteiger partial charge in [-0.15, -0.1) is 0 Å². The Kier molecular flexibility index (Phi) is 7.28. The van der Waals surface area contributed by atoms with Crippen molar-refractivity contribution in [2.75, 3.05) is 4.90 Å². The Morgan fingerprint density at radius 1 is 0.458 bits per heavy atom. The Morgan fingerprint density at radius 2 is 1.00 bits per heavy atom. The summed E-state index contributed by atoms with van der Waals surface area (Å²) in [5.74, 6) is 1.63. The number of nitrogens with zero attached hydrogens (tertiary/aromatic N) is 1. The topological polar surface area (TPSA) is 12.5 Å². The zero-order chi connectivity index (χ0) is 31.9. The maximum Gasteiger partial charge on any atom is 0.124 e. The van der Waals surface area contributed by atoms with Crippen molar-refractivity contribution in [1.29, 1.82) is 0 Å². The van der Waals surface area contributed by atoms with E-state index in [1.165, 1.54) is 75.4 Å². The van der Waals surface area contributed by atoms with E-state index in [0.29, 0.717) is 12.0 Å². The summed E-state index contributed by atoms with van der Waals surface area (Å²) in [7, 11) is 0. The van der Waals surface area contributed by atoms with Gasteiger partial charge in [0.15, 0.2) is 0 Å². The normalized spacial score (nSPS) is 16.6. The number of hydrogen-bond acceptors (Lipinski definition) is 2. The molecule has 7 aromatic rings. The van der Waals surface area contributed by atoms with E-state index in [0.717, 1.165) is 22.8 Å². The summed E-state index contributed by atoms with van der Waals surface area (Å²) in [6.07, 6.45) is 5.33. The van der Waals surface area contributed by atoms with Gasteiger partial charge >= 0.3 is 0 Å². The van der Waals surface area contributed by atoms with Gasteiger partial charge < -0.3 is 9.64 Å². The van der Waals surface area contributed by atoms with E-state index in [1.807, 2.05) is 0 Å². The number of anilines is 3. The Balaban J connectivity index is 1.07. The molecular formula is C46H37NO. The molecule has 0 amide bonds. The van der Waals surface area contributed by atoms with Crippen molar-refractivity contribution in [3.63, 3.8) is 0 Å². The standard InChI is InChI=1S/C46H37NO/c1-3-12-32(13-4-1)39-17-7-8-18-40(39)33-22-26-37(27-23-33)47(36-15-5-2-6-16-36)38-28-24-34(25-29-38)41-20-11-14-35-30-46-44(31-43(35)41)42-19-9-10-21-45(42)48-46/h1-8,11-18,20,22-31,42,45H,9-10,19,21H2. The second-order valence-corrected chi connectivity index (χ2v) is 13.1. The molecule has 0 bridgehead atoms. The lowest BCUT2D eigenvalue weighted by Crippen LogP contribution is -2.22. The fourth-order valence-electron chi connectivity index (χ4n) is 7.93. The van der Waals surface area contributed by atoms with Gasteiger partial charge in [-0.05, 0) is 112 Å². The van der Waals surface area contributed by atoms with Crippen molar-refractivity contribution in [1.82, 2.24) is 0 Å². The largest absolute Gasteiger partial charge is 0.489 e. The van der Waals surface area contributed by atoms with Crippen LogP contribution in [0.5, 0.6) is 5.75 Å². The minimum atomic E-state index is 0.352. The molecule has 1 aliphatic heterocycles. The van der Waals surface area contributed by atoms with E-state index in [9.17, 15) is 0 Å². The maximum atomic E-state index is 6.44. The predicted octanol–water partition coefficient (Wildman–Crippen LogP) is 12.7. The summed E-state index contributed by atoms with van der Waals surface area (Å²) in [6.45, 7) is 0. The molecule has 0 N–H and O–H groups in total. The second kappa shape index (κ2) is 12.2. The second-order valence-electron chi connectivity index (χ2n) is 13.1. The van der Waals surface area contributed by atoms with Crippen molar-refractivity contribution in [2.45, 2.75) is 37.7 Å². The minimum Gasteiger partial charge on any atom is -0.489 e. The smallest absolute Gasteiger partial charge is 0.124 e. The van der Waals surface area contributed by atoms with Crippen LogP contribution in [-0.2, 0) is 0 Å². The molecule has 1 saturated carbocycles. The van der Waals surface area contributed by atoms with Crippen molar-refractivity contribution in [3.05, 3.63) is 169 Å². The third-order valence-electron chi connectivity index (χ3n) is 10.3. The van der Waals surface area contributed by atoms with E-state index in [-0.39, 0.29) is 0 Å². The molecule has 1 aliphatic carbocycles. The number of fused-ring (bicyclic) bond motifs is 4. The average molecular weight is 620 g/mol. The van der Waals surface area contributed by atoms with Gasteiger partial charge in [0, 0.05) is 28.5 Å². The molecule has 9 rings (SSSR count). The molecule has 2 nitrogen and oxygen atoms in total. The monoisotopic (exact) mass is 619 g/mol. The fourth-order valence-corrected chi connectivity index (χ4v) is 7.93. The number of benzene rings is 7. The number of rotatable bonds is 6. The van der Waals surface area contributed by atoms with Gasteiger partial charge in [-0.1, -0.05) is 122 Å². The summed E-state index contributed by atoms with van der Waals surface area (Å²) in [6, 6.07) is 59.3. The van der Waals surface area contributed by atoms with Crippen LogP contribution in [0.25, 0.3) is 44.2 Å². The van der Waals surface area contributed by atoms with Crippen molar-refractivity contribution < 1.29 is 4.74 Å². The van der Waals surface area contributed by atoms with Crippen LogP contribution in [-0.4, -0.2) is 6.10 Å². The van der Waals surface area contributed by atoms with Crippen LogP contribution >= 0.6 is 0 Å². The summed E-state index contributed by atoms with van der Waals surface area (Å²) < 4.78 is 6.44. The Labute approximate surface area is 282 Å². The lowest BCUT2D eigenvalue weighted by atomic mass is 9.82. The molecule has 0 radical (unpaired) electrons.